The Morgan fingerprint density at radius 1 is 1.31 bits per heavy atom. The van der Waals surface area contributed by atoms with Crippen LogP contribution in [0.5, 0.6) is 0 Å². The van der Waals surface area contributed by atoms with E-state index in [-0.39, 0.29) is 19.8 Å². The Kier molecular flexibility index (Phi) is 6.22. The molecule has 78 valence electrons. The van der Waals surface area contributed by atoms with E-state index >= 15 is 0 Å². The van der Waals surface area contributed by atoms with Crippen molar-refractivity contribution in [2.24, 2.45) is 5.41 Å². The van der Waals surface area contributed by atoms with Crippen molar-refractivity contribution in [3.63, 3.8) is 0 Å². The lowest BCUT2D eigenvalue weighted by molar-refractivity contribution is -0.182. The zero-order valence-corrected chi connectivity index (χ0v) is 7.51. The quantitative estimate of drug-likeness (QED) is 0.232. The average molecular weight is 194 g/mol. The molecule has 0 rings (SSSR count). The van der Waals surface area contributed by atoms with Crippen molar-refractivity contribution < 1.29 is 30.0 Å². The minimum Gasteiger partial charge on any atom is -0.400 e. The zero-order valence-electron chi connectivity index (χ0n) is 7.51. The van der Waals surface area contributed by atoms with Crippen molar-refractivity contribution in [2.75, 3.05) is 19.8 Å². The van der Waals surface area contributed by atoms with E-state index in [1.54, 1.807) is 6.92 Å². The maximum atomic E-state index is 8.94. The lowest BCUT2D eigenvalue weighted by Gasteiger charge is -2.27. The Labute approximate surface area is 76.8 Å². The maximum Gasteiger partial charge on any atom is 0.665 e. The molecule has 13 heavy (non-hydrogen) atoms. The molecule has 0 aromatic heterocycles. The predicted octanol–water partition coefficient (Wildman–Crippen LogP) is -1.15. The summed E-state index contributed by atoms with van der Waals surface area (Å²) in [4.78, 5) is 3.45. The highest BCUT2D eigenvalue weighted by molar-refractivity contribution is 6.34. The van der Waals surface area contributed by atoms with Crippen molar-refractivity contribution in [1.29, 1.82) is 0 Å². The smallest absolute Gasteiger partial charge is 0.400 e. The van der Waals surface area contributed by atoms with Crippen LogP contribution >= 0.6 is 0 Å². The molecule has 0 saturated heterocycles. The largest absolute Gasteiger partial charge is 0.665 e. The molecule has 0 bridgehead atoms. The summed E-state index contributed by atoms with van der Waals surface area (Å²) in [6.45, 7) is 1.14. The van der Waals surface area contributed by atoms with E-state index in [0.717, 1.165) is 0 Å². The van der Waals surface area contributed by atoms with Gasteiger partial charge in [0.1, 0.15) is 0 Å². The second kappa shape index (κ2) is 6.30. The summed E-state index contributed by atoms with van der Waals surface area (Å²) in [7, 11) is -1.75. The summed E-state index contributed by atoms with van der Waals surface area (Å²) < 4.78 is 4.59. The highest BCUT2D eigenvalue weighted by atomic mass is 17.1. The number of aliphatic hydroxyl groups is 2. The van der Waals surface area contributed by atoms with Crippen molar-refractivity contribution >= 4 is 7.32 Å². The van der Waals surface area contributed by atoms with Gasteiger partial charge in [0.2, 0.25) is 0 Å². The molecule has 0 aromatic rings. The molecule has 0 aromatic carbocycles. The first-order chi connectivity index (χ1) is 6.14. The SMILES string of the molecule is CCC(CO)(CO)COB(O)OO. The molecule has 0 spiro atoms. The number of hydrogen-bond acceptors (Lipinski definition) is 6. The molecule has 7 heteroatoms. The Bertz CT molecular complexity index is 120. The van der Waals surface area contributed by atoms with Crippen molar-refractivity contribution in [3.8, 4) is 0 Å². The summed E-state index contributed by atoms with van der Waals surface area (Å²) in [5.41, 5.74) is -0.806. The van der Waals surface area contributed by atoms with Crippen LogP contribution < -0.4 is 0 Å². The molecule has 0 aliphatic rings. The van der Waals surface area contributed by atoms with Crippen LogP contribution in [0.2, 0.25) is 0 Å². The fourth-order valence-corrected chi connectivity index (χ4v) is 0.745. The van der Waals surface area contributed by atoms with Gasteiger partial charge in [0.25, 0.3) is 0 Å². The fourth-order valence-electron chi connectivity index (χ4n) is 0.745. The number of hydrogen-bond donors (Lipinski definition) is 4. The predicted molar refractivity (Wildman–Crippen MR) is 44.5 cm³/mol. The molecule has 0 radical (unpaired) electrons. The minimum absolute atomic E-state index is 0.0990. The fraction of sp³-hybridized carbons (Fsp3) is 1.00. The zero-order chi connectivity index (χ0) is 10.3. The van der Waals surface area contributed by atoms with Gasteiger partial charge in [-0.05, 0) is 6.42 Å². The van der Waals surface area contributed by atoms with E-state index < -0.39 is 12.7 Å². The standard InChI is InChI=1S/C6H15BO6/c1-2-6(3-8,4-9)5-12-7(10)13-11/h8-11H,2-5H2,1H3. The highest BCUT2D eigenvalue weighted by Crippen LogP contribution is 2.20. The highest BCUT2D eigenvalue weighted by Gasteiger charge is 2.30. The van der Waals surface area contributed by atoms with Crippen LogP contribution in [0.4, 0.5) is 0 Å². The lowest BCUT2D eigenvalue weighted by atomic mass is 9.88. The molecular weight excluding hydrogens is 179 g/mol. The van der Waals surface area contributed by atoms with Crippen molar-refractivity contribution in [1.82, 2.24) is 0 Å². The monoisotopic (exact) mass is 194 g/mol. The van der Waals surface area contributed by atoms with Gasteiger partial charge >= 0.3 is 7.32 Å². The number of aliphatic hydroxyl groups excluding tert-OH is 2. The Balaban J connectivity index is 3.95. The van der Waals surface area contributed by atoms with Gasteiger partial charge in [0, 0.05) is 12.0 Å². The molecule has 0 saturated carbocycles. The Morgan fingerprint density at radius 2 is 1.85 bits per heavy atom. The molecule has 4 N–H and O–H groups in total. The molecule has 0 heterocycles. The molecule has 0 atom stereocenters. The van der Waals surface area contributed by atoms with Crippen molar-refractivity contribution in [3.05, 3.63) is 0 Å². The molecular formula is C6H15BO6. The first-order valence-corrected chi connectivity index (χ1v) is 3.95. The van der Waals surface area contributed by atoms with E-state index in [9.17, 15) is 0 Å². The summed E-state index contributed by atoms with van der Waals surface area (Å²) in [6, 6.07) is 0. The topological polar surface area (TPSA) is 99.4 Å². The van der Waals surface area contributed by atoms with E-state index in [1.165, 1.54) is 0 Å². The normalized spacial score (nSPS) is 11.8. The van der Waals surface area contributed by atoms with Gasteiger partial charge in [-0.2, -0.15) is 0 Å². The van der Waals surface area contributed by atoms with E-state index in [0.29, 0.717) is 6.42 Å². The van der Waals surface area contributed by atoms with Gasteiger partial charge in [0.05, 0.1) is 13.2 Å². The lowest BCUT2D eigenvalue weighted by Crippen LogP contribution is -2.37. The maximum absolute atomic E-state index is 8.94. The van der Waals surface area contributed by atoms with Crippen LogP contribution in [0, 0.1) is 5.41 Å². The molecule has 0 fully saturated rings. The Hall–Kier alpha value is -0.175. The van der Waals surface area contributed by atoms with Crippen LogP contribution in [0.1, 0.15) is 13.3 Å². The first kappa shape index (κ1) is 12.8. The van der Waals surface area contributed by atoms with Gasteiger partial charge in [-0.25, -0.2) is 4.81 Å². The van der Waals surface area contributed by atoms with Crippen LogP contribution in [-0.2, 0) is 9.46 Å². The third-order valence-electron chi connectivity index (χ3n) is 2.04. The van der Waals surface area contributed by atoms with E-state index in [4.69, 9.17) is 20.5 Å². The van der Waals surface area contributed by atoms with Crippen LogP contribution in [0.15, 0.2) is 0 Å². The molecule has 0 amide bonds. The van der Waals surface area contributed by atoms with Gasteiger partial charge < -0.3 is 19.9 Å². The molecule has 0 aliphatic carbocycles. The number of rotatable bonds is 7. The second-order valence-electron chi connectivity index (χ2n) is 2.89. The van der Waals surface area contributed by atoms with Gasteiger partial charge in [0.15, 0.2) is 0 Å². The third-order valence-corrected chi connectivity index (χ3v) is 2.04. The van der Waals surface area contributed by atoms with Crippen LogP contribution in [-0.4, -0.2) is 47.6 Å². The van der Waals surface area contributed by atoms with E-state index in [2.05, 4.69) is 9.46 Å². The van der Waals surface area contributed by atoms with Gasteiger partial charge in [-0.1, -0.05) is 6.92 Å². The van der Waals surface area contributed by atoms with Gasteiger partial charge in [-0.3, -0.25) is 5.26 Å². The summed E-state index contributed by atoms with van der Waals surface area (Å²) >= 11 is 0. The molecule has 6 nitrogen and oxygen atoms in total. The molecule has 0 aliphatic heterocycles. The minimum atomic E-state index is -1.75. The summed E-state index contributed by atoms with van der Waals surface area (Å²) in [5, 5.41) is 34.5. The van der Waals surface area contributed by atoms with Crippen molar-refractivity contribution in [2.45, 2.75) is 13.3 Å². The third kappa shape index (κ3) is 4.03. The second-order valence-corrected chi connectivity index (χ2v) is 2.89. The van der Waals surface area contributed by atoms with E-state index in [1.807, 2.05) is 0 Å². The summed E-state index contributed by atoms with van der Waals surface area (Å²) in [5.74, 6) is 0. The molecule has 0 unspecified atom stereocenters. The van der Waals surface area contributed by atoms with Crippen LogP contribution in [0.25, 0.3) is 0 Å². The summed E-state index contributed by atoms with van der Waals surface area (Å²) in [6.07, 6.45) is 0.484. The first-order valence-electron chi connectivity index (χ1n) is 3.95. The Morgan fingerprint density at radius 3 is 2.15 bits per heavy atom. The van der Waals surface area contributed by atoms with Crippen LogP contribution in [0.3, 0.4) is 0 Å². The van der Waals surface area contributed by atoms with Gasteiger partial charge in [-0.15, -0.1) is 0 Å². The average Bonchev–Trinajstić information content (AvgIpc) is 2.20.